The molecule has 21 heavy (non-hydrogen) atoms. The number of anilines is 1. The minimum atomic E-state index is -0.280. The van der Waals surface area contributed by atoms with Gasteiger partial charge in [-0.25, -0.2) is 4.99 Å². The molecule has 118 valence electrons. The van der Waals surface area contributed by atoms with E-state index in [0.717, 1.165) is 0 Å². The van der Waals surface area contributed by atoms with E-state index in [1.54, 1.807) is 7.11 Å². The van der Waals surface area contributed by atoms with Gasteiger partial charge in [-0.15, -0.1) is 24.0 Å². The van der Waals surface area contributed by atoms with Crippen molar-refractivity contribution >= 4 is 41.5 Å². The van der Waals surface area contributed by atoms with Gasteiger partial charge < -0.3 is 21.1 Å². The number of amides is 1. The number of para-hydroxylation sites is 2. The van der Waals surface area contributed by atoms with Crippen molar-refractivity contribution in [3.63, 3.8) is 0 Å². The van der Waals surface area contributed by atoms with Crippen molar-refractivity contribution < 1.29 is 9.53 Å². The van der Waals surface area contributed by atoms with Crippen molar-refractivity contribution in [2.75, 3.05) is 19.0 Å². The smallest absolute Gasteiger partial charge is 0.242 e. The van der Waals surface area contributed by atoms with E-state index < -0.39 is 0 Å². The van der Waals surface area contributed by atoms with Gasteiger partial charge in [-0.05, 0) is 32.9 Å². The number of nitrogens with two attached hydrogens (primary N) is 1. The van der Waals surface area contributed by atoms with Crippen molar-refractivity contribution in [2.45, 2.75) is 26.3 Å². The molecule has 0 aliphatic heterocycles. The molecule has 0 aromatic heterocycles. The largest absolute Gasteiger partial charge is 0.495 e. The van der Waals surface area contributed by atoms with Gasteiger partial charge in [0.15, 0.2) is 5.96 Å². The number of nitrogens with one attached hydrogen (secondary N) is 2. The lowest BCUT2D eigenvalue weighted by Gasteiger charge is -2.19. The highest BCUT2D eigenvalue weighted by Gasteiger charge is 2.13. The Kier molecular flexibility index (Phi) is 8.08. The summed E-state index contributed by atoms with van der Waals surface area (Å²) in [6, 6.07) is 7.33. The van der Waals surface area contributed by atoms with Crippen LogP contribution in [0.15, 0.2) is 29.3 Å². The molecule has 6 nitrogen and oxygen atoms in total. The summed E-state index contributed by atoms with van der Waals surface area (Å²) in [5.41, 5.74) is 6.17. The summed E-state index contributed by atoms with van der Waals surface area (Å²) in [4.78, 5) is 15.6. The first kappa shape index (κ1) is 19.5. The van der Waals surface area contributed by atoms with E-state index in [4.69, 9.17) is 10.5 Å². The lowest BCUT2D eigenvalue weighted by molar-refractivity contribution is -0.121. The molecular weight excluding hydrogens is 383 g/mol. The van der Waals surface area contributed by atoms with Crippen LogP contribution < -0.4 is 21.1 Å². The molecule has 1 aromatic carbocycles. The zero-order valence-corrected chi connectivity index (χ0v) is 15.1. The number of rotatable bonds is 4. The van der Waals surface area contributed by atoms with E-state index in [1.807, 2.05) is 45.0 Å². The second-order valence-corrected chi connectivity index (χ2v) is 5.32. The molecule has 1 amide bonds. The fourth-order valence-corrected chi connectivity index (χ4v) is 1.54. The molecule has 0 radical (unpaired) electrons. The molecule has 0 saturated heterocycles. The van der Waals surface area contributed by atoms with Gasteiger partial charge in [-0.3, -0.25) is 4.79 Å². The number of guanidine groups is 1. The lowest BCUT2D eigenvalue weighted by atomic mass is 10.1. The SMILES string of the molecule is COc1ccccc1NC(N)=NCC(=O)NC(C)(C)C.I. The molecule has 1 aromatic rings. The molecule has 0 fully saturated rings. The number of ether oxygens (including phenoxy) is 1. The third-order valence-corrected chi connectivity index (χ3v) is 2.28. The third kappa shape index (κ3) is 7.74. The number of carbonyl (C=O) groups excluding carboxylic acids is 1. The lowest BCUT2D eigenvalue weighted by Crippen LogP contribution is -2.42. The first-order valence-corrected chi connectivity index (χ1v) is 6.33. The monoisotopic (exact) mass is 406 g/mol. The summed E-state index contributed by atoms with van der Waals surface area (Å²) in [5, 5.41) is 5.71. The molecule has 0 heterocycles. The maximum atomic E-state index is 11.6. The fourth-order valence-electron chi connectivity index (χ4n) is 1.54. The average molecular weight is 406 g/mol. The first-order valence-electron chi connectivity index (χ1n) is 6.33. The molecular formula is C14H23IN4O2. The molecule has 0 aliphatic rings. The van der Waals surface area contributed by atoms with Gasteiger partial charge >= 0.3 is 0 Å². The number of aliphatic imine (C=N–C) groups is 1. The van der Waals surface area contributed by atoms with Gasteiger partial charge in [0.05, 0.1) is 12.8 Å². The van der Waals surface area contributed by atoms with Crippen LogP contribution in [-0.2, 0) is 4.79 Å². The van der Waals surface area contributed by atoms with Crippen LogP contribution in [0.25, 0.3) is 0 Å². The Labute approximate surface area is 142 Å². The van der Waals surface area contributed by atoms with Crippen LogP contribution in [0.3, 0.4) is 0 Å². The van der Waals surface area contributed by atoms with E-state index in [9.17, 15) is 4.79 Å². The summed E-state index contributed by atoms with van der Waals surface area (Å²) in [6.45, 7) is 5.70. The normalized spacial score (nSPS) is 11.3. The molecule has 0 unspecified atom stereocenters. The van der Waals surface area contributed by atoms with Gasteiger partial charge in [0, 0.05) is 5.54 Å². The third-order valence-electron chi connectivity index (χ3n) is 2.28. The summed E-state index contributed by atoms with van der Waals surface area (Å²) >= 11 is 0. The molecule has 0 aliphatic carbocycles. The highest BCUT2D eigenvalue weighted by Crippen LogP contribution is 2.22. The van der Waals surface area contributed by atoms with Gasteiger partial charge in [0.25, 0.3) is 0 Å². The highest BCUT2D eigenvalue weighted by molar-refractivity contribution is 14.0. The molecule has 7 heteroatoms. The predicted molar refractivity (Wildman–Crippen MR) is 96.4 cm³/mol. The van der Waals surface area contributed by atoms with Crippen LogP contribution in [0.1, 0.15) is 20.8 Å². The van der Waals surface area contributed by atoms with E-state index >= 15 is 0 Å². The van der Waals surface area contributed by atoms with Gasteiger partial charge in [0.2, 0.25) is 5.91 Å². The molecule has 1 rings (SSSR count). The molecule has 0 saturated carbocycles. The van der Waals surface area contributed by atoms with Gasteiger partial charge in [-0.2, -0.15) is 0 Å². The van der Waals surface area contributed by atoms with Gasteiger partial charge in [0.1, 0.15) is 12.3 Å². The molecule has 0 atom stereocenters. The topological polar surface area (TPSA) is 88.7 Å². The van der Waals surface area contributed by atoms with Crippen molar-refractivity contribution in [3.05, 3.63) is 24.3 Å². The van der Waals surface area contributed by atoms with E-state index in [0.29, 0.717) is 11.4 Å². The summed E-state index contributed by atoms with van der Waals surface area (Å²) in [7, 11) is 1.57. The first-order chi connectivity index (χ1) is 9.31. The van der Waals surface area contributed by atoms with Crippen LogP contribution in [0, 0.1) is 0 Å². The Hall–Kier alpha value is -1.51. The van der Waals surface area contributed by atoms with Crippen molar-refractivity contribution in [3.8, 4) is 5.75 Å². The molecule has 4 N–H and O–H groups in total. The maximum absolute atomic E-state index is 11.6. The predicted octanol–water partition coefficient (Wildman–Crippen LogP) is 1.95. The molecule has 0 spiro atoms. The summed E-state index contributed by atoms with van der Waals surface area (Å²) in [6.07, 6.45) is 0. The van der Waals surface area contributed by atoms with Crippen LogP contribution in [-0.4, -0.2) is 31.1 Å². The maximum Gasteiger partial charge on any atom is 0.242 e. The Morgan fingerprint density at radius 1 is 1.33 bits per heavy atom. The summed E-state index contributed by atoms with van der Waals surface area (Å²) < 4.78 is 5.19. The minimum absolute atomic E-state index is 0. The Bertz CT molecular complexity index is 498. The number of hydrogen-bond acceptors (Lipinski definition) is 3. The number of halogens is 1. The number of methoxy groups -OCH3 is 1. The van der Waals surface area contributed by atoms with Crippen molar-refractivity contribution in [1.82, 2.24) is 5.32 Å². The van der Waals surface area contributed by atoms with Gasteiger partial charge in [-0.1, -0.05) is 12.1 Å². The summed E-state index contributed by atoms with van der Waals surface area (Å²) in [5.74, 6) is 0.644. The number of carbonyl (C=O) groups is 1. The Morgan fingerprint density at radius 3 is 2.52 bits per heavy atom. The zero-order valence-electron chi connectivity index (χ0n) is 12.8. The van der Waals surface area contributed by atoms with Crippen LogP contribution in [0.4, 0.5) is 5.69 Å². The second-order valence-electron chi connectivity index (χ2n) is 5.32. The number of nitrogens with zero attached hydrogens (tertiary/aromatic N) is 1. The average Bonchev–Trinajstić information content (AvgIpc) is 2.35. The Balaban J connectivity index is 0.00000400. The fraction of sp³-hybridized carbons (Fsp3) is 0.429. The van der Waals surface area contributed by atoms with Crippen molar-refractivity contribution in [2.24, 2.45) is 10.7 Å². The standard InChI is InChI=1S/C14H22N4O2.HI/c1-14(2,3)18-12(19)9-16-13(15)17-10-7-5-6-8-11(10)20-4;/h5-8H,9H2,1-4H3,(H,18,19)(H3,15,16,17);1H. The van der Waals surface area contributed by atoms with E-state index in [-0.39, 0.29) is 47.9 Å². The van der Waals surface area contributed by atoms with Crippen molar-refractivity contribution in [1.29, 1.82) is 0 Å². The van der Waals surface area contributed by atoms with E-state index in [1.165, 1.54) is 0 Å². The van der Waals surface area contributed by atoms with Crippen LogP contribution in [0.5, 0.6) is 5.75 Å². The highest BCUT2D eigenvalue weighted by atomic mass is 127. The van der Waals surface area contributed by atoms with Crippen LogP contribution >= 0.6 is 24.0 Å². The molecule has 0 bridgehead atoms. The minimum Gasteiger partial charge on any atom is -0.495 e. The van der Waals surface area contributed by atoms with E-state index in [2.05, 4.69) is 15.6 Å². The zero-order chi connectivity index (χ0) is 15.2. The Morgan fingerprint density at radius 2 is 1.95 bits per heavy atom. The quantitative estimate of drug-likeness (QED) is 0.405. The second kappa shape index (κ2) is 8.71. The number of hydrogen-bond donors (Lipinski definition) is 3. The van der Waals surface area contributed by atoms with Crippen LogP contribution in [0.2, 0.25) is 0 Å². The number of benzene rings is 1.